The van der Waals surface area contributed by atoms with Gasteiger partial charge in [-0.15, -0.1) is 0 Å². The number of hydrogen-bond donors (Lipinski definition) is 2. The number of nitrogens with one attached hydrogen (secondary N) is 1. The number of benzene rings is 1. The van der Waals surface area contributed by atoms with Crippen LogP contribution in [0.15, 0.2) is 30.3 Å². The Bertz CT molecular complexity index is 746. The van der Waals surface area contributed by atoms with E-state index >= 15 is 0 Å². The summed E-state index contributed by atoms with van der Waals surface area (Å²) in [6.07, 6.45) is -5.25. The largest absolute Gasteiger partial charge is 0.422 e. The summed E-state index contributed by atoms with van der Waals surface area (Å²) in [6.45, 7) is -0.179. The summed E-state index contributed by atoms with van der Waals surface area (Å²) < 4.78 is 64.8. The summed E-state index contributed by atoms with van der Waals surface area (Å²) in [6, 6.07) is 5.60. The fraction of sp³-hybridized carbons (Fsp3) is 0.143. The molecule has 1 aromatic heterocycles. The Morgan fingerprint density at radius 2 is 1.87 bits per heavy atom. The first kappa shape index (κ1) is 16.7. The van der Waals surface area contributed by atoms with E-state index in [9.17, 15) is 26.7 Å². The monoisotopic (exact) mass is 331 g/mol. The van der Waals surface area contributed by atoms with Gasteiger partial charge in [0.1, 0.15) is 17.2 Å². The van der Waals surface area contributed by atoms with Crippen LogP contribution >= 0.6 is 0 Å². The van der Waals surface area contributed by atoms with Crippen molar-refractivity contribution < 1.29 is 26.7 Å². The number of pyridine rings is 1. The van der Waals surface area contributed by atoms with Crippen LogP contribution in [0.2, 0.25) is 0 Å². The Balaban J connectivity index is 2.23. The molecule has 0 saturated heterocycles. The molecule has 1 heterocycles. The molecule has 0 atom stereocenters. The van der Waals surface area contributed by atoms with Gasteiger partial charge in [-0.05, 0) is 24.3 Å². The van der Waals surface area contributed by atoms with E-state index in [0.29, 0.717) is 17.8 Å². The van der Waals surface area contributed by atoms with Crippen molar-refractivity contribution in [1.29, 1.82) is 0 Å². The Labute approximate surface area is 127 Å². The van der Waals surface area contributed by atoms with Crippen molar-refractivity contribution in [3.8, 4) is 0 Å². The number of hydrogen-bond acceptors (Lipinski definition) is 3. The molecule has 0 radical (unpaired) electrons. The Morgan fingerprint density at radius 1 is 1.17 bits per heavy atom. The molecule has 9 heteroatoms. The zero-order valence-corrected chi connectivity index (χ0v) is 11.4. The van der Waals surface area contributed by atoms with Crippen molar-refractivity contribution in [2.45, 2.75) is 12.7 Å². The first-order chi connectivity index (χ1) is 10.7. The predicted octanol–water partition coefficient (Wildman–Crippen LogP) is 2.89. The smallest absolute Gasteiger partial charge is 0.384 e. The lowest BCUT2D eigenvalue weighted by molar-refractivity contribution is -0.142. The van der Waals surface area contributed by atoms with E-state index in [1.807, 2.05) is 0 Å². The molecule has 0 unspecified atom stereocenters. The summed E-state index contributed by atoms with van der Waals surface area (Å²) in [5.41, 5.74) is 2.75. The maximum atomic E-state index is 13.8. The minimum absolute atomic E-state index is 0.179. The molecule has 4 nitrogen and oxygen atoms in total. The molecule has 3 N–H and O–H groups in total. The number of carbonyl (C=O) groups is 1. The van der Waals surface area contributed by atoms with Crippen LogP contribution in [0, 0.1) is 11.6 Å². The topological polar surface area (TPSA) is 68.0 Å². The van der Waals surface area contributed by atoms with Gasteiger partial charge in [-0.2, -0.15) is 13.2 Å². The molecule has 1 amide bonds. The van der Waals surface area contributed by atoms with Gasteiger partial charge in [0, 0.05) is 0 Å². The number of aromatic nitrogens is 1. The average molecular weight is 331 g/mol. The first-order valence-corrected chi connectivity index (χ1v) is 6.25. The SMILES string of the molecule is Nc1cccc(CNC(=O)c2ccc(F)c(C(F)(F)F)c2F)n1. The quantitative estimate of drug-likeness (QED) is 0.850. The van der Waals surface area contributed by atoms with Gasteiger partial charge in [-0.1, -0.05) is 6.07 Å². The summed E-state index contributed by atoms with van der Waals surface area (Å²) in [7, 11) is 0. The number of rotatable bonds is 3. The Kier molecular flexibility index (Phi) is 4.48. The highest BCUT2D eigenvalue weighted by Gasteiger charge is 2.39. The summed E-state index contributed by atoms with van der Waals surface area (Å²) in [5.74, 6) is -4.69. The number of alkyl halides is 3. The molecule has 0 aliphatic rings. The van der Waals surface area contributed by atoms with Crippen molar-refractivity contribution in [1.82, 2.24) is 10.3 Å². The van der Waals surface area contributed by atoms with Crippen LogP contribution in [-0.4, -0.2) is 10.9 Å². The highest BCUT2D eigenvalue weighted by atomic mass is 19.4. The third-order valence-corrected chi connectivity index (χ3v) is 2.88. The van der Waals surface area contributed by atoms with E-state index in [1.165, 1.54) is 12.1 Å². The standard InChI is InChI=1S/C14H10F5N3O/c15-9-5-4-8(12(16)11(9)14(17,18)19)13(23)21-6-7-2-1-3-10(20)22-7/h1-5H,6H2,(H2,20,22)(H,21,23). The third-order valence-electron chi connectivity index (χ3n) is 2.88. The van der Waals surface area contributed by atoms with Gasteiger partial charge in [0.25, 0.3) is 5.91 Å². The lowest BCUT2D eigenvalue weighted by Crippen LogP contribution is -2.26. The van der Waals surface area contributed by atoms with E-state index in [4.69, 9.17) is 5.73 Å². The van der Waals surface area contributed by atoms with E-state index in [2.05, 4.69) is 10.3 Å². The van der Waals surface area contributed by atoms with Gasteiger partial charge in [0.2, 0.25) is 0 Å². The highest BCUT2D eigenvalue weighted by molar-refractivity contribution is 5.94. The predicted molar refractivity (Wildman–Crippen MR) is 71.2 cm³/mol. The van der Waals surface area contributed by atoms with Crippen molar-refractivity contribution in [3.05, 3.63) is 58.8 Å². The second kappa shape index (κ2) is 6.19. The number of nitrogen functional groups attached to an aromatic ring is 1. The third kappa shape index (κ3) is 3.74. The summed E-state index contributed by atoms with van der Waals surface area (Å²) >= 11 is 0. The van der Waals surface area contributed by atoms with Crippen LogP contribution in [0.1, 0.15) is 21.6 Å². The molecule has 0 aliphatic carbocycles. The minimum atomic E-state index is -5.25. The highest BCUT2D eigenvalue weighted by Crippen LogP contribution is 2.34. The van der Waals surface area contributed by atoms with Crippen LogP contribution in [0.4, 0.5) is 27.8 Å². The molecule has 0 saturated carbocycles. The van der Waals surface area contributed by atoms with Gasteiger partial charge < -0.3 is 11.1 Å². The van der Waals surface area contributed by atoms with Gasteiger partial charge in [-0.3, -0.25) is 4.79 Å². The summed E-state index contributed by atoms with van der Waals surface area (Å²) in [4.78, 5) is 15.7. The van der Waals surface area contributed by atoms with Crippen molar-refractivity contribution >= 4 is 11.7 Å². The number of nitrogens with zero attached hydrogens (tertiary/aromatic N) is 1. The number of amides is 1. The van der Waals surface area contributed by atoms with Crippen LogP contribution in [-0.2, 0) is 12.7 Å². The van der Waals surface area contributed by atoms with Crippen LogP contribution in [0.25, 0.3) is 0 Å². The van der Waals surface area contributed by atoms with E-state index < -0.39 is 34.8 Å². The van der Waals surface area contributed by atoms with Crippen molar-refractivity contribution in [2.75, 3.05) is 5.73 Å². The maximum Gasteiger partial charge on any atom is 0.422 e. The maximum absolute atomic E-state index is 13.8. The molecule has 0 aliphatic heterocycles. The average Bonchev–Trinajstić information content (AvgIpc) is 2.43. The van der Waals surface area contributed by atoms with Crippen LogP contribution in [0.5, 0.6) is 0 Å². The zero-order chi connectivity index (χ0) is 17.2. The second-order valence-electron chi connectivity index (χ2n) is 4.52. The molecule has 0 bridgehead atoms. The number of halogens is 5. The van der Waals surface area contributed by atoms with E-state index in [1.54, 1.807) is 6.07 Å². The van der Waals surface area contributed by atoms with E-state index in [0.717, 1.165) is 0 Å². The Morgan fingerprint density at radius 3 is 2.48 bits per heavy atom. The van der Waals surface area contributed by atoms with Crippen molar-refractivity contribution in [2.24, 2.45) is 0 Å². The van der Waals surface area contributed by atoms with Crippen LogP contribution < -0.4 is 11.1 Å². The second-order valence-corrected chi connectivity index (χ2v) is 4.52. The number of nitrogens with two attached hydrogens (primary N) is 1. The van der Waals surface area contributed by atoms with Gasteiger partial charge in [-0.25, -0.2) is 13.8 Å². The lowest BCUT2D eigenvalue weighted by Gasteiger charge is -2.12. The molecule has 0 spiro atoms. The summed E-state index contributed by atoms with van der Waals surface area (Å²) in [5, 5.41) is 2.19. The molecule has 0 fully saturated rings. The van der Waals surface area contributed by atoms with Crippen molar-refractivity contribution in [3.63, 3.8) is 0 Å². The molecular formula is C14H10F5N3O. The number of anilines is 1. The fourth-order valence-corrected chi connectivity index (χ4v) is 1.85. The molecule has 23 heavy (non-hydrogen) atoms. The molecular weight excluding hydrogens is 321 g/mol. The first-order valence-electron chi connectivity index (χ1n) is 6.25. The minimum Gasteiger partial charge on any atom is -0.384 e. The molecule has 1 aromatic carbocycles. The Hall–Kier alpha value is -2.71. The van der Waals surface area contributed by atoms with Gasteiger partial charge in [0.15, 0.2) is 5.82 Å². The zero-order valence-electron chi connectivity index (χ0n) is 11.4. The molecule has 2 aromatic rings. The number of carbonyl (C=O) groups excluding carboxylic acids is 1. The molecule has 2 rings (SSSR count). The van der Waals surface area contributed by atoms with Gasteiger partial charge >= 0.3 is 6.18 Å². The lowest BCUT2D eigenvalue weighted by atomic mass is 10.1. The van der Waals surface area contributed by atoms with Crippen LogP contribution in [0.3, 0.4) is 0 Å². The van der Waals surface area contributed by atoms with Gasteiger partial charge in [0.05, 0.1) is 17.8 Å². The normalized spacial score (nSPS) is 11.3. The van der Waals surface area contributed by atoms with E-state index in [-0.39, 0.29) is 12.4 Å². The molecule has 122 valence electrons. The fourth-order valence-electron chi connectivity index (χ4n) is 1.85.